The van der Waals surface area contributed by atoms with Gasteiger partial charge < -0.3 is 15.1 Å². The quantitative estimate of drug-likeness (QED) is 0.502. The molecule has 2 N–H and O–H groups in total. The number of carbonyl (C=O) groups is 2. The van der Waals surface area contributed by atoms with Crippen LogP contribution in [-0.2, 0) is 16.1 Å². The largest absolute Gasteiger partial charge is 0.330 e. The third kappa shape index (κ3) is 4.98. The van der Waals surface area contributed by atoms with Gasteiger partial charge in [-0.05, 0) is 38.1 Å². The predicted molar refractivity (Wildman–Crippen MR) is 106 cm³/mol. The molecule has 1 aromatic heterocycles. The van der Waals surface area contributed by atoms with Crippen LogP contribution in [0.15, 0.2) is 24.3 Å². The zero-order valence-electron chi connectivity index (χ0n) is 16.9. The molecule has 0 bridgehead atoms. The SMILES string of the molecule is Cc1nn(CC(=O)N2CC[NH+](CC(=O)Nc3ccc(F)cc3)CC2)c(C)c1[N+](=O)[O-]. The van der Waals surface area contributed by atoms with Gasteiger partial charge in [0.2, 0.25) is 5.91 Å². The Kier molecular flexibility index (Phi) is 6.40. The van der Waals surface area contributed by atoms with E-state index in [1.54, 1.807) is 18.7 Å². The van der Waals surface area contributed by atoms with E-state index in [4.69, 9.17) is 0 Å². The Labute approximate surface area is 172 Å². The summed E-state index contributed by atoms with van der Waals surface area (Å²) in [7, 11) is 0. The van der Waals surface area contributed by atoms with Gasteiger partial charge in [0.25, 0.3) is 5.91 Å². The van der Waals surface area contributed by atoms with Crippen LogP contribution < -0.4 is 10.2 Å². The molecule has 0 spiro atoms. The molecule has 0 unspecified atom stereocenters. The molecular weight excluding hydrogens is 395 g/mol. The predicted octanol–water partition coefficient (Wildman–Crippen LogP) is -0.0870. The van der Waals surface area contributed by atoms with E-state index in [1.165, 1.54) is 28.9 Å². The Bertz CT molecular complexity index is 951. The molecule has 0 saturated carbocycles. The number of amides is 2. The molecule has 10 nitrogen and oxygen atoms in total. The average molecular weight is 419 g/mol. The monoisotopic (exact) mass is 419 g/mol. The lowest BCUT2D eigenvalue weighted by Crippen LogP contribution is -3.15. The highest BCUT2D eigenvalue weighted by Crippen LogP contribution is 2.21. The van der Waals surface area contributed by atoms with E-state index in [-0.39, 0.29) is 42.1 Å². The zero-order chi connectivity index (χ0) is 21.8. The maximum absolute atomic E-state index is 12.9. The third-order valence-corrected chi connectivity index (χ3v) is 5.17. The van der Waals surface area contributed by atoms with Crippen molar-refractivity contribution in [1.29, 1.82) is 0 Å². The molecule has 11 heteroatoms. The number of aromatic nitrogens is 2. The molecule has 1 fully saturated rings. The van der Waals surface area contributed by atoms with Gasteiger partial charge in [-0.25, -0.2) is 4.39 Å². The van der Waals surface area contributed by atoms with Gasteiger partial charge in [-0.3, -0.25) is 24.4 Å². The van der Waals surface area contributed by atoms with Gasteiger partial charge >= 0.3 is 5.69 Å². The Hall–Kier alpha value is -3.34. The number of quaternary nitrogens is 1. The van der Waals surface area contributed by atoms with Gasteiger partial charge in [0.1, 0.15) is 23.7 Å². The molecule has 2 heterocycles. The van der Waals surface area contributed by atoms with Crippen molar-refractivity contribution >= 4 is 23.2 Å². The summed E-state index contributed by atoms with van der Waals surface area (Å²) < 4.78 is 14.3. The number of carbonyl (C=O) groups excluding carboxylic acids is 2. The summed E-state index contributed by atoms with van der Waals surface area (Å²) in [5.41, 5.74) is 1.11. The highest BCUT2D eigenvalue weighted by atomic mass is 19.1. The van der Waals surface area contributed by atoms with Crippen molar-refractivity contribution in [1.82, 2.24) is 14.7 Å². The lowest BCUT2D eigenvalue weighted by molar-refractivity contribution is -0.895. The molecule has 30 heavy (non-hydrogen) atoms. The van der Waals surface area contributed by atoms with E-state index < -0.39 is 4.92 Å². The second-order valence-corrected chi connectivity index (χ2v) is 7.30. The molecule has 1 saturated heterocycles. The molecule has 1 aliphatic rings. The maximum atomic E-state index is 12.9. The van der Waals surface area contributed by atoms with Crippen LogP contribution in [0.2, 0.25) is 0 Å². The first kappa shape index (κ1) is 21.4. The van der Waals surface area contributed by atoms with Crippen LogP contribution in [0.1, 0.15) is 11.4 Å². The maximum Gasteiger partial charge on any atom is 0.312 e. The van der Waals surface area contributed by atoms with Crippen molar-refractivity contribution in [3.05, 3.63) is 51.6 Å². The van der Waals surface area contributed by atoms with Gasteiger partial charge in [-0.1, -0.05) is 0 Å². The van der Waals surface area contributed by atoms with Crippen molar-refractivity contribution in [3.8, 4) is 0 Å². The molecule has 2 amide bonds. The normalized spacial score (nSPS) is 14.6. The zero-order valence-corrected chi connectivity index (χ0v) is 16.9. The number of piperazine rings is 1. The summed E-state index contributed by atoms with van der Waals surface area (Å²) in [5.74, 6) is -0.703. The van der Waals surface area contributed by atoms with E-state index in [0.29, 0.717) is 37.6 Å². The van der Waals surface area contributed by atoms with Crippen LogP contribution in [0.25, 0.3) is 0 Å². The smallest absolute Gasteiger partial charge is 0.312 e. The van der Waals surface area contributed by atoms with Crippen molar-refractivity contribution in [2.24, 2.45) is 0 Å². The number of halogens is 1. The molecule has 1 aliphatic heterocycles. The molecule has 1 aromatic carbocycles. The number of nitrogens with zero attached hydrogens (tertiary/aromatic N) is 4. The standard InChI is InChI=1S/C19H23FN6O4/c1-13-19(26(29)30)14(2)25(22-13)12-18(28)24-9-7-23(8-10-24)11-17(27)21-16-5-3-15(20)4-6-16/h3-6H,7-12H2,1-2H3,(H,21,27)/p+1. The van der Waals surface area contributed by atoms with Gasteiger partial charge in [0, 0.05) is 5.69 Å². The lowest BCUT2D eigenvalue weighted by atomic mass is 10.3. The fourth-order valence-electron chi connectivity index (χ4n) is 3.55. The van der Waals surface area contributed by atoms with Crippen molar-refractivity contribution in [2.75, 3.05) is 38.0 Å². The Morgan fingerprint density at radius 1 is 1.23 bits per heavy atom. The summed E-state index contributed by atoms with van der Waals surface area (Å²) >= 11 is 0. The first-order valence-electron chi connectivity index (χ1n) is 9.59. The number of aryl methyl sites for hydroxylation is 1. The number of rotatable bonds is 6. The van der Waals surface area contributed by atoms with Crippen LogP contribution in [0, 0.1) is 29.8 Å². The fraction of sp³-hybridized carbons (Fsp3) is 0.421. The van der Waals surface area contributed by atoms with E-state index in [9.17, 15) is 24.1 Å². The van der Waals surface area contributed by atoms with Crippen LogP contribution >= 0.6 is 0 Å². The number of anilines is 1. The topological polar surface area (TPSA) is 115 Å². The lowest BCUT2D eigenvalue weighted by Gasteiger charge is -2.32. The highest BCUT2D eigenvalue weighted by Gasteiger charge is 2.28. The summed E-state index contributed by atoms with van der Waals surface area (Å²) in [6.07, 6.45) is 0. The number of benzene rings is 1. The minimum atomic E-state index is -0.488. The molecule has 0 atom stereocenters. The first-order chi connectivity index (χ1) is 14.2. The summed E-state index contributed by atoms with van der Waals surface area (Å²) in [6.45, 7) is 5.51. The highest BCUT2D eigenvalue weighted by molar-refractivity contribution is 5.91. The Morgan fingerprint density at radius 2 is 1.87 bits per heavy atom. The first-order valence-corrected chi connectivity index (χ1v) is 9.59. The van der Waals surface area contributed by atoms with Gasteiger partial charge in [0.05, 0.1) is 31.1 Å². The van der Waals surface area contributed by atoms with E-state index >= 15 is 0 Å². The van der Waals surface area contributed by atoms with E-state index in [0.717, 1.165) is 4.90 Å². The Balaban J connectivity index is 1.48. The fourth-order valence-corrected chi connectivity index (χ4v) is 3.55. The summed E-state index contributed by atoms with van der Waals surface area (Å²) in [4.78, 5) is 38.1. The van der Waals surface area contributed by atoms with Crippen LogP contribution in [0.4, 0.5) is 15.8 Å². The van der Waals surface area contributed by atoms with Crippen molar-refractivity contribution < 1.29 is 23.8 Å². The average Bonchev–Trinajstić information content (AvgIpc) is 2.97. The van der Waals surface area contributed by atoms with Crippen molar-refractivity contribution in [3.63, 3.8) is 0 Å². The van der Waals surface area contributed by atoms with Gasteiger partial charge in [-0.2, -0.15) is 5.10 Å². The van der Waals surface area contributed by atoms with E-state index in [1.807, 2.05) is 0 Å². The summed E-state index contributed by atoms with van der Waals surface area (Å²) in [5, 5.41) is 17.9. The van der Waals surface area contributed by atoms with Crippen LogP contribution in [-0.4, -0.2) is 64.1 Å². The molecular formula is C19H24FN6O4+. The number of hydrogen-bond acceptors (Lipinski definition) is 5. The molecule has 0 radical (unpaired) electrons. The number of nitrogens with one attached hydrogen (secondary N) is 2. The molecule has 3 rings (SSSR count). The van der Waals surface area contributed by atoms with Crippen LogP contribution in [0.3, 0.4) is 0 Å². The van der Waals surface area contributed by atoms with Gasteiger partial charge in [-0.15, -0.1) is 0 Å². The van der Waals surface area contributed by atoms with Crippen LogP contribution in [0.5, 0.6) is 0 Å². The minimum absolute atomic E-state index is 0.0547. The third-order valence-electron chi connectivity index (χ3n) is 5.17. The minimum Gasteiger partial charge on any atom is -0.330 e. The van der Waals surface area contributed by atoms with E-state index in [2.05, 4.69) is 10.4 Å². The van der Waals surface area contributed by atoms with Gasteiger partial charge in [0.15, 0.2) is 6.54 Å². The molecule has 0 aliphatic carbocycles. The second-order valence-electron chi connectivity index (χ2n) is 7.30. The molecule has 160 valence electrons. The molecule has 2 aromatic rings. The Morgan fingerprint density at radius 3 is 2.43 bits per heavy atom. The number of hydrogen-bond donors (Lipinski definition) is 2. The summed E-state index contributed by atoms with van der Waals surface area (Å²) in [6, 6.07) is 5.57. The number of nitro groups is 1. The second kappa shape index (κ2) is 8.99. The van der Waals surface area contributed by atoms with Crippen molar-refractivity contribution in [2.45, 2.75) is 20.4 Å².